The van der Waals surface area contributed by atoms with E-state index < -0.39 is 0 Å². The van der Waals surface area contributed by atoms with Gasteiger partial charge in [0.25, 0.3) is 0 Å². The number of hydrogen-bond donors (Lipinski definition) is 1. The van der Waals surface area contributed by atoms with Crippen molar-refractivity contribution in [2.45, 2.75) is 12.8 Å². The third-order valence-corrected chi connectivity index (χ3v) is 5.67. The second-order valence-corrected chi connectivity index (χ2v) is 8.03. The average Bonchev–Trinajstić information content (AvgIpc) is 2.97. The van der Waals surface area contributed by atoms with Crippen LogP contribution in [0.4, 0.5) is 0 Å². The van der Waals surface area contributed by atoms with Gasteiger partial charge in [-0.15, -0.1) is 0 Å². The standard InChI is InChI=1S/C11H11I3OS/c12-7-3-8(13)10(9(14)4-7)15-5-11(6-16)1-2-11/h3-4,16H,1-2,5-6H2. The molecule has 2 rings (SSSR count). The average molecular weight is 572 g/mol. The third kappa shape index (κ3) is 3.31. The Hall–Kier alpha value is 1.56. The molecule has 1 aliphatic rings. The van der Waals surface area contributed by atoms with Crippen LogP contribution in [-0.4, -0.2) is 12.4 Å². The zero-order valence-electron chi connectivity index (χ0n) is 8.47. The molecule has 88 valence electrons. The molecule has 1 aliphatic carbocycles. The Morgan fingerprint density at radius 1 is 1.19 bits per heavy atom. The molecule has 0 unspecified atom stereocenters. The molecule has 0 aliphatic heterocycles. The van der Waals surface area contributed by atoms with Crippen molar-refractivity contribution in [3.63, 3.8) is 0 Å². The van der Waals surface area contributed by atoms with Gasteiger partial charge in [0, 0.05) is 8.99 Å². The van der Waals surface area contributed by atoms with Gasteiger partial charge >= 0.3 is 0 Å². The molecule has 0 heterocycles. The van der Waals surface area contributed by atoms with E-state index in [2.05, 4.69) is 92.5 Å². The number of hydrogen-bond acceptors (Lipinski definition) is 2. The largest absolute Gasteiger partial charge is 0.491 e. The maximum atomic E-state index is 5.97. The minimum absolute atomic E-state index is 0.359. The van der Waals surface area contributed by atoms with E-state index in [-0.39, 0.29) is 0 Å². The summed E-state index contributed by atoms with van der Waals surface area (Å²) in [6, 6.07) is 4.30. The van der Waals surface area contributed by atoms with Gasteiger partial charge in [0.2, 0.25) is 0 Å². The molecular weight excluding hydrogens is 561 g/mol. The van der Waals surface area contributed by atoms with Gasteiger partial charge in [-0.2, -0.15) is 12.6 Å². The van der Waals surface area contributed by atoms with Crippen LogP contribution in [0.25, 0.3) is 0 Å². The van der Waals surface area contributed by atoms with E-state index >= 15 is 0 Å². The highest BCUT2D eigenvalue weighted by atomic mass is 127. The highest BCUT2D eigenvalue weighted by molar-refractivity contribution is 14.1. The molecule has 0 spiro atoms. The first-order chi connectivity index (χ1) is 7.56. The van der Waals surface area contributed by atoms with Crippen LogP contribution in [0.2, 0.25) is 0 Å². The van der Waals surface area contributed by atoms with Gasteiger partial charge in [0.15, 0.2) is 0 Å². The molecule has 1 nitrogen and oxygen atoms in total. The smallest absolute Gasteiger partial charge is 0.146 e. The summed E-state index contributed by atoms with van der Waals surface area (Å²) in [5.41, 5.74) is 0.359. The first-order valence-corrected chi connectivity index (χ1v) is 8.81. The number of ether oxygens (including phenoxy) is 1. The summed E-state index contributed by atoms with van der Waals surface area (Å²) in [6.07, 6.45) is 2.52. The first kappa shape index (κ1) is 14.0. The fourth-order valence-corrected chi connectivity index (χ4v) is 5.72. The lowest BCUT2D eigenvalue weighted by molar-refractivity contribution is 0.247. The zero-order valence-corrected chi connectivity index (χ0v) is 15.8. The predicted molar refractivity (Wildman–Crippen MR) is 95.6 cm³/mol. The van der Waals surface area contributed by atoms with Crippen LogP contribution in [-0.2, 0) is 0 Å². The molecule has 1 saturated carbocycles. The van der Waals surface area contributed by atoms with Crippen LogP contribution in [0.1, 0.15) is 12.8 Å². The van der Waals surface area contributed by atoms with Crippen molar-refractivity contribution in [1.82, 2.24) is 0 Å². The monoisotopic (exact) mass is 572 g/mol. The Kier molecular flexibility index (Phi) is 4.97. The Morgan fingerprint density at radius 3 is 2.19 bits per heavy atom. The molecule has 1 aromatic carbocycles. The van der Waals surface area contributed by atoms with E-state index in [1.165, 1.54) is 23.6 Å². The van der Waals surface area contributed by atoms with Gasteiger partial charge in [-0.05, 0) is 98.5 Å². The summed E-state index contributed by atoms with van der Waals surface area (Å²) in [7, 11) is 0. The van der Waals surface area contributed by atoms with Crippen LogP contribution >= 0.6 is 80.4 Å². The lowest BCUT2D eigenvalue weighted by Gasteiger charge is -2.16. The molecule has 5 heteroatoms. The predicted octanol–water partition coefficient (Wildman–Crippen LogP) is 4.59. The Balaban J connectivity index is 2.09. The summed E-state index contributed by atoms with van der Waals surface area (Å²) in [6.45, 7) is 0.809. The summed E-state index contributed by atoms with van der Waals surface area (Å²) < 4.78 is 9.63. The van der Waals surface area contributed by atoms with Gasteiger partial charge in [0.1, 0.15) is 5.75 Å². The molecule has 0 radical (unpaired) electrons. The Labute approximate surface area is 142 Å². The minimum Gasteiger partial charge on any atom is -0.491 e. The maximum absolute atomic E-state index is 5.97. The molecular formula is C11H11I3OS. The topological polar surface area (TPSA) is 9.23 Å². The second-order valence-electron chi connectivity index (χ2n) is 4.15. The summed E-state index contributed by atoms with van der Waals surface area (Å²) >= 11 is 11.4. The fraction of sp³-hybridized carbons (Fsp3) is 0.455. The van der Waals surface area contributed by atoms with Crippen LogP contribution in [0.15, 0.2) is 12.1 Å². The second kappa shape index (κ2) is 5.68. The van der Waals surface area contributed by atoms with Crippen molar-refractivity contribution in [3.8, 4) is 5.75 Å². The van der Waals surface area contributed by atoms with Crippen molar-refractivity contribution in [2.75, 3.05) is 12.4 Å². The van der Waals surface area contributed by atoms with E-state index in [4.69, 9.17) is 4.74 Å². The highest BCUT2D eigenvalue weighted by Gasteiger charge is 2.42. The summed E-state index contributed by atoms with van der Waals surface area (Å²) in [5, 5.41) is 0. The summed E-state index contributed by atoms with van der Waals surface area (Å²) in [5.74, 6) is 1.97. The van der Waals surface area contributed by atoms with E-state index in [1.807, 2.05) is 0 Å². The van der Waals surface area contributed by atoms with Crippen molar-refractivity contribution in [2.24, 2.45) is 5.41 Å². The molecule has 0 aromatic heterocycles. The number of thiol groups is 1. The number of rotatable bonds is 4. The first-order valence-electron chi connectivity index (χ1n) is 4.94. The van der Waals surface area contributed by atoms with Crippen molar-refractivity contribution < 1.29 is 4.74 Å². The maximum Gasteiger partial charge on any atom is 0.146 e. The quantitative estimate of drug-likeness (QED) is 0.411. The van der Waals surface area contributed by atoms with Gasteiger partial charge in [0.05, 0.1) is 13.7 Å². The van der Waals surface area contributed by atoms with E-state index in [9.17, 15) is 0 Å². The Bertz CT molecular complexity index is 381. The van der Waals surface area contributed by atoms with E-state index in [0.717, 1.165) is 18.1 Å². The molecule has 0 N–H and O–H groups in total. The van der Waals surface area contributed by atoms with Crippen LogP contribution in [0, 0.1) is 16.1 Å². The van der Waals surface area contributed by atoms with Crippen LogP contribution in [0.5, 0.6) is 5.75 Å². The van der Waals surface area contributed by atoms with E-state index in [1.54, 1.807) is 0 Å². The SMILES string of the molecule is SCC1(COc2c(I)cc(I)cc2I)CC1. The van der Waals surface area contributed by atoms with Gasteiger partial charge in [-0.1, -0.05) is 0 Å². The molecule has 0 atom stereocenters. The van der Waals surface area contributed by atoms with Crippen molar-refractivity contribution in [3.05, 3.63) is 22.8 Å². The molecule has 1 fully saturated rings. The van der Waals surface area contributed by atoms with Gasteiger partial charge < -0.3 is 4.74 Å². The number of benzene rings is 1. The molecule has 0 bridgehead atoms. The van der Waals surface area contributed by atoms with Gasteiger partial charge in [-0.25, -0.2) is 0 Å². The highest BCUT2D eigenvalue weighted by Crippen LogP contribution is 2.47. The molecule has 16 heavy (non-hydrogen) atoms. The fourth-order valence-electron chi connectivity index (χ4n) is 1.42. The molecule has 0 amide bonds. The normalized spacial score (nSPS) is 17.2. The summed E-state index contributed by atoms with van der Waals surface area (Å²) in [4.78, 5) is 0. The number of halogens is 3. The van der Waals surface area contributed by atoms with E-state index in [0.29, 0.717) is 5.41 Å². The van der Waals surface area contributed by atoms with Crippen LogP contribution in [0.3, 0.4) is 0 Å². The van der Waals surface area contributed by atoms with Gasteiger partial charge in [-0.3, -0.25) is 0 Å². The lowest BCUT2D eigenvalue weighted by atomic mass is 10.2. The van der Waals surface area contributed by atoms with Crippen molar-refractivity contribution >= 4 is 80.4 Å². The molecule has 0 saturated heterocycles. The molecule has 1 aromatic rings. The van der Waals surface area contributed by atoms with Crippen LogP contribution < -0.4 is 4.74 Å². The zero-order chi connectivity index (χ0) is 11.8. The Morgan fingerprint density at radius 2 is 1.75 bits per heavy atom. The minimum atomic E-state index is 0.359. The lowest BCUT2D eigenvalue weighted by Crippen LogP contribution is -2.15. The third-order valence-electron chi connectivity index (χ3n) is 2.78. The van der Waals surface area contributed by atoms with Crippen molar-refractivity contribution in [1.29, 1.82) is 0 Å².